The van der Waals surface area contributed by atoms with Crippen molar-refractivity contribution in [3.63, 3.8) is 0 Å². The van der Waals surface area contributed by atoms with Crippen molar-refractivity contribution < 1.29 is 0 Å². The molecule has 0 amide bonds. The molecule has 6 nitrogen and oxygen atoms in total. The number of nitrogens with zero attached hydrogens (tertiary/aromatic N) is 3. The van der Waals surface area contributed by atoms with Gasteiger partial charge in [0, 0.05) is 60.8 Å². The Kier molecular flexibility index (Phi) is 8.01. The highest BCUT2D eigenvalue weighted by Crippen LogP contribution is 2.27. The van der Waals surface area contributed by atoms with Gasteiger partial charge in [-0.1, -0.05) is 48.5 Å². The highest BCUT2D eigenvalue weighted by Gasteiger charge is 2.15. The van der Waals surface area contributed by atoms with E-state index in [1.807, 2.05) is 37.3 Å². The lowest BCUT2D eigenvalue weighted by Gasteiger charge is -2.32. The van der Waals surface area contributed by atoms with Crippen LogP contribution in [0, 0.1) is 12.3 Å². The topological polar surface area (TPSA) is 81.3 Å². The first-order chi connectivity index (χ1) is 18.5. The standard InChI is InChI=1S/C32H38N6/c1-23-30(35-21-27-12-11-26-8-3-4-9-31(26)36-27)15-14-29(34)32(23)28(33)13-10-24-6-5-7-25(20-24)22-38-18-16-37(2)17-19-38/h3-9,11-12,14-15,20,33,35H,10,13,16-19,21-22,34H2,1-2H3. The minimum Gasteiger partial charge on any atom is -0.398 e. The highest BCUT2D eigenvalue weighted by molar-refractivity contribution is 6.05. The molecule has 4 aromatic rings. The number of para-hydroxylation sites is 1. The molecule has 0 spiro atoms. The minimum atomic E-state index is 0.581. The second kappa shape index (κ2) is 11.8. The number of pyridine rings is 1. The molecule has 0 unspecified atom stereocenters. The van der Waals surface area contributed by atoms with E-state index in [9.17, 15) is 0 Å². The summed E-state index contributed by atoms with van der Waals surface area (Å²) in [6, 6.07) is 25.1. The molecule has 3 aromatic carbocycles. The Bertz CT molecular complexity index is 1420. The molecule has 1 aliphatic rings. The lowest BCUT2D eigenvalue weighted by molar-refractivity contribution is 0.148. The maximum Gasteiger partial charge on any atom is 0.0706 e. The van der Waals surface area contributed by atoms with Crippen LogP contribution in [0.2, 0.25) is 0 Å². The molecule has 5 rings (SSSR count). The first-order valence-electron chi connectivity index (χ1n) is 13.5. The molecule has 1 aromatic heterocycles. The van der Waals surface area contributed by atoms with Crippen LogP contribution in [-0.4, -0.2) is 53.7 Å². The van der Waals surface area contributed by atoms with Crippen LogP contribution in [0.5, 0.6) is 0 Å². The van der Waals surface area contributed by atoms with Crippen LogP contribution in [0.4, 0.5) is 11.4 Å². The summed E-state index contributed by atoms with van der Waals surface area (Å²) in [5.41, 5.74) is 15.1. The number of benzene rings is 3. The SMILES string of the molecule is Cc1c(NCc2ccc3ccccc3n2)ccc(N)c1C(=N)CCc1cccc(CN2CCN(C)CC2)c1. The van der Waals surface area contributed by atoms with E-state index in [4.69, 9.17) is 16.1 Å². The maximum atomic E-state index is 8.89. The van der Waals surface area contributed by atoms with Gasteiger partial charge in [0.15, 0.2) is 0 Å². The number of piperazine rings is 1. The molecule has 1 aliphatic heterocycles. The van der Waals surface area contributed by atoms with Gasteiger partial charge in [0.25, 0.3) is 0 Å². The van der Waals surface area contributed by atoms with E-state index in [0.717, 1.165) is 72.6 Å². The van der Waals surface area contributed by atoms with Gasteiger partial charge < -0.3 is 21.4 Å². The van der Waals surface area contributed by atoms with E-state index in [0.29, 0.717) is 24.4 Å². The van der Waals surface area contributed by atoms with Crippen molar-refractivity contribution in [1.29, 1.82) is 5.41 Å². The normalized spacial score (nSPS) is 14.6. The summed E-state index contributed by atoms with van der Waals surface area (Å²) < 4.78 is 0. The van der Waals surface area contributed by atoms with Crippen LogP contribution in [0.3, 0.4) is 0 Å². The lowest BCUT2D eigenvalue weighted by Crippen LogP contribution is -2.43. The van der Waals surface area contributed by atoms with E-state index in [2.05, 4.69) is 64.6 Å². The predicted octanol–water partition coefficient (Wildman–Crippen LogP) is 5.49. The summed E-state index contributed by atoms with van der Waals surface area (Å²) in [6.45, 7) is 8.14. The second-order valence-electron chi connectivity index (χ2n) is 10.4. The van der Waals surface area contributed by atoms with Crippen molar-refractivity contribution in [3.8, 4) is 0 Å². The Labute approximate surface area is 226 Å². The molecule has 38 heavy (non-hydrogen) atoms. The van der Waals surface area contributed by atoms with Crippen molar-refractivity contribution >= 4 is 28.0 Å². The number of aryl methyl sites for hydroxylation is 1. The Morgan fingerprint density at radius 3 is 2.58 bits per heavy atom. The Balaban J connectivity index is 1.22. The third-order valence-corrected chi connectivity index (χ3v) is 7.57. The smallest absolute Gasteiger partial charge is 0.0706 e. The highest BCUT2D eigenvalue weighted by atomic mass is 15.2. The first-order valence-corrected chi connectivity index (χ1v) is 13.5. The van der Waals surface area contributed by atoms with Crippen molar-refractivity contribution in [2.75, 3.05) is 44.3 Å². The Morgan fingerprint density at radius 2 is 1.74 bits per heavy atom. The first kappa shape index (κ1) is 25.9. The molecule has 196 valence electrons. The third-order valence-electron chi connectivity index (χ3n) is 7.57. The van der Waals surface area contributed by atoms with Crippen LogP contribution < -0.4 is 11.1 Å². The zero-order valence-corrected chi connectivity index (χ0v) is 22.5. The van der Waals surface area contributed by atoms with Gasteiger partial charge in [-0.3, -0.25) is 9.88 Å². The maximum absolute atomic E-state index is 8.89. The monoisotopic (exact) mass is 506 g/mol. The number of nitrogens with one attached hydrogen (secondary N) is 2. The number of nitrogens with two attached hydrogens (primary N) is 1. The van der Waals surface area contributed by atoms with Gasteiger partial charge in [-0.25, -0.2) is 0 Å². The molecule has 1 saturated heterocycles. The fourth-order valence-corrected chi connectivity index (χ4v) is 5.26. The molecule has 0 bridgehead atoms. The van der Waals surface area contributed by atoms with Crippen molar-refractivity contribution in [2.45, 2.75) is 32.9 Å². The van der Waals surface area contributed by atoms with Crippen molar-refractivity contribution in [3.05, 3.63) is 101 Å². The van der Waals surface area contributed by atoms with Gasteiger partial charge in [-0.05, 0) is 67.8 Å². The molecular weight excluding hydrogens is 468 g/mol. The summed E-state index contributed by atoms with van der Waals surface area (Å²) in [5, 5.41) is 13.5. The predicted molar refractivity (Wildman–Crippen MR) is 159 cm³/mol. The van der Waals surface area contributed by atoms with Crippen LogP contribution in [0.15, 0.2) is 72.8 Å². The van der Waals surface area contributed by atoms with Crippen LogP contribution >= 0.6 is 0 Å². The van der Waals surface area contributed by atoms with Gasteiger partial charge in [-0.2, -0.15) is 0 Å². The summed E-state index contributed by atoms with van der Waals surface area (Å²) >= 11 is 0. The van der Waals surface area contributed by atoms with E-state index < -0.39 is 0 Å². The van der Waals surface area contributed by atoms with Gasteiger partial charge in [0.2, 0.25) is 0 Å². The molecule has 4 N–H and O–H groups in total. The second-order valence-corrected chi connectivity index (χ2v) is 10.4. The van der Waals surface area contributed by atoms with E-state index in [1.54, 1.807) is 0 Å². The van der Waals surface area contributed by atoms with E-state index in [1.165, 1.54) is 11.1 Å². The van der Waals surface area contributed by atoms with Crippen molar-refractivity contribution in [1.82, 2.24) is 14.8 Å². The number of fused-ring (bicyclic) bond motifs is 1. The van der Waals surface area contributed by atoms with E-state index in [-0.39, 0.29) is 0 Å². The molecule has 0 saturated carbocycles. The largest absolute Gasteiger partial charge is 0.398 e. The average molecular weight is 507 g/mol. The van der Waals surface area contributed by atoms with Gasteiger partial charge in [0.05, 0.1) is 17.8 Å². The van der Waals surface area contributed by atoms with Gasteiger partial charge in [-0.15, -0.1) is 0 Å². The van der Waals surface area contributed by atoms with Gasteiger partial charge >= 0.3 is 0 Å². The zero-order valence-electron chi connectivity index (χ0n) is 22.5. The number of hydrogen-bond acceptors (Lipinski definition) is 6. The fourth-order valence-electron chi connectivity index (χ4n) is 5.26. The molecule has 6 heteroatoms. The van der Waals surface area contributed by atoms with Crippen LogP contribution in [0.25, 0.3) is 10.9 Å². The summed E-state index contributed by atoms with van der Waals surface area (Å²) in [6.07, 6.45) is 1.48. The molecule has 1 fully saturated rings. The molecular formula is C32H38N6. The average Bonchev–Trinajstić information content (AvgIpc) is 2.93. The van der Waals surface area contributed by atoms with Crippen LogP contribution in [-0.2, 0) is 19.5 Å². The minimum absolute atomic E-state index is 0.581. The fraction of sp³-hybridized carbons (Fsp3) is 0.312. The Hall–Kier alpha value is -3.74. The number of nitrogen functional groups attached to an aromatic ring is 1. The zero-order chi connectivity index (χ0) is 26.5. The quantitative estimate of drug-likeness (QED) is 0.207. The molecule has 0 atom stereocenters. The molecule has 0 aliphatic carbocycles. The van der Waals surface area contributed by atoms with Crippen molar-refractivity contribution in [2.24, 2.45) is 0 Å². The summed E-state index contributed by atoms with van der Waals surface area (Å²) in [4.78, 5) is 9.68. The van der Waals surface area contributed by atoms with E-state index >= 15 is 0 Å². The lowest BCUT2D eigenvalue weighted by atomic mass is 9.95. The number of aromatic nitrogens is 1. The number of anilines is 2. The Morgan fingerprint density at radius 1 is 0.947 bits per heavy atom. The summed E-state index contributed by atoms with van der Waals surface area (Å²) in [5.74, 6) is 0. The third kappa shape index (κ3) is 6.21. The number of hydrogen-bond donors (Lipinski definition) is 3. The molecule has 0 radical (unpaired) electrons. The van der Waals surface area contributed by atoms with Gasteiger partial charge in [0.1, 0.15) is 0 Å². The number of rotatable bonds is 9. The molecule has 2 heterocycles. The number of likely N-dealkylation sites (N-methyl/N-ethyl adjacent to an activating group) is 1. The summed E-state index contributed by atoms with van der Waals surface area (Å²) in [7, 11) is 2.19. The van der Waals surface area contributed by atoms with Crippen LogP contribution in [0.1, 0.15) is 34.4 Å².